The Morgan fingerprint density at radius 2 is 2.12 bits per heavy atom. The first kappa shape index (κ1) is 17.2. The lowest BCUT2D eigenvalue weighted by molar-refractivity contribution is -0.125. The second kappa shape index (κ2) is 7.06. The molecule has 25 heavy (non-hydrogen) atoms. The molecule has 7 heteroatoms. The van der Waals surface area contributed by atoms with Gasteiger partial charge in [-0.1, -0.05) is 12.1 Å². The van der Waals surface area contributed by atoms with Gasteiger partial charge in [-0.15, -0.1) is 11.3 Å². The van der Waals surface area contributed by atoms with E-state index in [1.165, 1.54) is 9.78 Å². The lowest BCUT2D eigenvalue weighted by atomic mass is 10.2. The van der Waals surface area contributed by atoms with Crippen molar-refractivity contribution in [2.45, 2.75) is 20.8 Å². The van der Waals surface area contributed by atoms with E-state index in [0.717, 1.165) is 16.2 Å². The zero-order valence-corrected chi connectivity index (χ0v) is 15.1. The fourth-order valence-corrected chi connectivity index (χ4v) is 3.68. The minimum atomic E-state index is -0.353. The summed E-state index contributed by atoms with van der Waals surface area (Å²) in [6.07, 6.45) is 0. The highest BCUT2D eigenvalue weighted by Crippen LogP contribution is 2.31. The van der Waals surface area contributed by atoms with Crippen LogP contribution in [0.25, 0.3) is 0 Å². The molecular weight excluding hydrogens is 338 g/mol. The zero-order chi connectivity index (χ0) is 18.0. The molecular formula is C18H19N3O3S. The molecule has 0 spiro atoms. The van der Waals surface area contributed by atoms with Gasteiger partial charge < -0.3 is 4.74 Å². The van der Waals surface area contributed by atoms with Crippen LogP contribution in [0.3, 0.4) is 0 Å². The molecule has 1 aliphatic heterocycles. The highest BCUT2D eigenvalue weighted by atomic mass is 32.1. The third-order valence-electron chi connectivity index (χ3n) is 3.89. The lowest BCUT2D eigenvalue weighted by Crippen LogP contribution is -2.44. The standard InChI is InChI=1S/C18H19N3O3S/c1-11-8-14(13(3)25-11)12(2)19-20-17(22)9-21-15-6-4-5-7-16(15)24-10-18(21)23/h4-8H,9-10H2,1-3H3,(H,20,22)/b19-12-. The van der Waals surface area contributed by atoms with E-state index in [0.29, 0.717) is 11.4 Å². The number of nitrogens with one attached hydrogen (secondary N) is 1. The SMILES string of the molecule is C/C(=N/NC(=O)CN1C(=O)COc2ccccc21)c1cc(C)sc1C. The van der Waals surface area contributed by atoms with Crippen molar-refractivity contribution in [2.75, 3.05) is 18.1 Å². The number of amides is 2. The number of nitrogens with zero attached hydrogens (tertiary/aromatic N) is 2. The van der Waals surface area contributed by atoms with Crippen LogP contribution in [0.15, 0.2) is 35.4 Å². The highest BCUT2D eigenvalue weighted by Gasteiger charge is 2.26. The van der Waals surface area contributed by atoms with E-state index < -0.39 is 0 Å². The van der Waals surface area contributed by atoms with E-state index in [4.69, 9.17) is 4.74 Å². The molecule has 0 aliphatic carbocycles. The Hall–Kier alpha value is -2.67. The number of hydrogen-bond donors (Lipinski definition) is 1. The summed E-state index contributed by atoms with van der Waals surface area (Å²) in [7, 11) is 0. The summed E-state index contributed by atoms with van der Waals surface area (Å²) < 4.78 is 5.37. The molecule has 0 saturated carbocycles. The monoisotopic (exact) mass is 357 g/mol. The molecule has 0 fully saturated rings. The number of thiophene rings is 1. The van der Waals surface area contributed by atoms with E-state index in [1.54, 1.807) is 29.5 Å². The number of anilines is 1. The average molecular weight is 357 g/mol. The van der Waals surface area contributed by atoms with Crippen molar-refractivity contribution in [3.05, 3.63) is 45.6 Å². The summed E-state index contributed by atoms with van der Waals surface area (Å²) in [5.41, 5.74) is 4.89. The maximum atomic E-state index is 12.2. The Bertz CT molecular complexity index is 857. The topological polar surface area (TPSA) is 71.0 Å². The van der Waals surface area contributed by atoms with Crippen molar-refractivity contribution >= 4 is 34.6 Å². The van der Waals surface area contributed by atoms with Gasteiger partial charge in [0.1, 0.15) is 12.3 Å². The summed E-state index contributed by atoms with van der Waals surface area (Å²) in [6, 6.07) is 9.20. The summed E-state index contributed by atoms with van der Waals surface area (Å²) in [4.78, 5) is 28.1. The normalized spacial score (nSPS) is 14.1. The van der Waals surface area contributed by atoms with Crippen LogP contribution in [0.2, 0.25) is 0 Å². The molecule has 0 saturated heterocycles. The molecule has 1 aromatic heterocycles. The molecule has 6 nitrogen and oxygen atoms in total. The van der Waals surface area contributed by atoms with Gasteiger partial charge in [-0.05, 0) is 39.0 Å². The van der Waals surface area contributed by atoms with E-state index in [-0.39, 0.29) is 25.0 Å². The molecule has 1 aliphatic rings. The predicted molar refractivity (Wildman–Crippen MR) is 98.4 cm³/mol. The van der Waals surface area contributed by atoms with E-state index in [1.807, 2.05) is 32.9 Å². The molecule has 0 unspecified atom stereocenters. The minimum Gasteiger partial charge on any atom is -0.482 e. The lowest BCUT2D eigenvalue weighted by Gasteiger charge is -2.28. The van der Waals surface area contributed by atoms with E-state index in [2.05, 4.69) is 10.5 Å². The van der Waals surface area contributed by atoms with Crippen LogP contribution in [0.4, 0.5) is 5.69 Å². The number of benzene rings is 1. The molecule has 0 atom stereocenters. The summed E-state index contributed by atoms with van der Waals surface area (Å²) >= 11 is 1.69. The fourth-order valence-electron chi connectivity index (χ4n) is 2.70. The van der Waals surface area contributed by atoms with Gasteiger partial charge >= 0.3 is 0 Å². The van der Waals surface area contributed by atoms with Gasteiger partial charge in [-0.3, -0.25) is 14.5 Å². The van der Waals surface area contributed by atoms with Crippen molar-refractivity contribution in [1.82, 2.24) is 5.43 Å². The third kappa shape index (κ3) is 3.71. The van der Waals surface area contributed by atoms with Gasteiger partial charge in [-0.25, -0.2) is 5.43 Å². The van der Waals surface area contributed by atoms with Crippen LogP contribution in [0, 0.1) is 13.8 Å². The Balaban J connectivity index is 1.70. The second-order valence-corrected chi connectivity index (χ2v) is 7.26. The molecule has 3 rings (SSSR count). The van der Waals surface area contributed by atoms with Crippen LogP contribution < -0.4 is 15.1 Å². The van der Waals surface area contributed by atoms with Crippen molar-refractivity contribution in [3.63, 3.8) is 0 Å². The molecule has 1 aromatic carbocycles. The van der Waals surface area contributed by atoms with Gasteiger partial charge in [0.15, 0.2) is 6.61 Å². The van der Waals surface area contributed by atoms with E-state index in [9.17, 15) is 9.59 Å². The summed E-state index contributed by atoms with van der Waals surface area (Å²) in [5.74, 6) is -0.00758. The number of aryl methyl sites for hydroxylation is 2. The number of fused-ring (bicyclic) bond motifs is 1. The molecule has 0 radical (unpaired) electrons. The molecule has 1 N–H and O–H groups in total. The average Bonchev–Trinajstić information content (AvgIpc) is 2.94. The van der Waals surface area contributed by atoms with Crippen LogP contribution >= 0.6 is 11.3 Å². The first-order valence-electron chi connectivity index (χ1n) is 7.88. The molecule has 2 amide bonds. The molecule has 2 aromatic rings. The minimum absolute atomic E-state index is 0.0695. The fraction of sp³-hybridized carbons (Fsp3) is 0.278. The number of para-hydroxylation sites is 2. The molecule has 2 heterocycles. The predicted octanol–water partition coefficient (Wildman–Crippen LogP) is 2.63. The van der Waals surface area contributed by atoms with Gasteiger partial charge in [-0.2, -0.15) is 5.10 Å². The van der Waals surface area contributed by atoms with Gasteiger partial charge in [0, 0.05) is 15.3 Å². The Morgan fingerprint density at radius 3 is 2.84 bits per heavy atom. The largest absolute Gasteiger partial charge is 0.482 e. The molecule has 130 valence electrons. The van der Waals surface area contributed by atoms with Crippen LogP contribution in [-0.2, 0) is 9.59 Å². The van der Waals surface area contributed by atoms with Gasteiger partial charge in [0.05, 0.1) is 11.4 Å². The maximum Gasteiger partial charge on any atom is 0.265 e. The number of carbonyl (C=O) groups excluding carboxylic acids is 2. The van der Waals surface area contributed by atoms with Crippen molar-refractivity contribution in [3.8, 4) is 5.75 Å². The van der Waals surface area contributed by atoms with Crippen LogP contribution in [0.1, 0.15) is 22.2 Å². The first-order chi connectivity index (χ1) is 12.0. The summed E-state index contributed by atoms with van der Waals surface area (Å²) in [6.45, 7) is 5.74. The Kier molecular flexibility index (Phi) is 4.85. The van der Waals surface area contributed by atoms with Crippen LogP contribution in [-0.4, -0.2) is 30.7 Å². The van der Waals surface area contributed by atoms with Crippen LogP contribution in [0.5, 0.6) is 5.75 Å². The second-order valence-electron chi connectivity index (χ2n) is 5.80. The Morgan fingerprint density at radius 1 is 1.36 bits per heavy atom. The van der Waals surface area contributed by atoms with Gasteiger partial charge in [0.25, 0.3) is 11.8 Å². The Labute approximate surface area is 150 Å². The van der Waals surface area contributed by atoms with Crippen molar-refractivity contribution in [1.29, 1.82) is 0 Å². The number of rotatable bonds is 4. The number of hydrazone groups is 1. The first-order valence-corrected chi connectivity index (χ1v) is 8.70. The van der Waals surface area contributed by atoms with Crippen molar-refractivity contribution in [2.24, 2.45) is 5.10 Å². The third-order valence-corrected chi connectivity index (χ3v) is 4.85. The quantitative estimate of drug-likeness (QED) is 0.675. The number of ether oxygens (including phenoxy) is 1. The zero-order valence-electron chi connectivity index (χ0n) is 14.3. The van der Waals surface area contributed by atoms with E-state index >= 15 is 0 Å². The molecule has 0 bridgehead atoms. The van der Waals surface area contributed by atoms with Gasteiger partial charge in [0.2, 0.25) is 0 Å². The maximum absolute atomic E-state index is 12.2. The summed E-state index contributed by atoms with van der Waals surface area (Å²) in [5, 5.41) is 4.17. The highest BCUT2D eigenvalue weighted by molar-refractivity contribution is 7.12. The number of carbonyl (C=O) groups is 2. The smallest absolute Gasteiger partial charge is 0.265 e. The number of hydrogen-bond acceptors (Lipinski definition) is 5. The van der Waals surface area contributed by atoms with Crippen molar-refractivity contribution < 1.29 is 14.3 Å².